The third-order valence-electron chi connectivity index (χ3n) is 2.27. The van der Waals surface area contributed by atoms with Gasteiger partial charge in [0.15, 0.2) is 0 Å². The molecule has 18 heavy (non-hydrogen) atoms. The van der Waals surface area contributed by atoms with Crippen molar-refractivity contribution in [3.05, 3.63) is 45.3 Å². The molecule has 0 aliphatic carbocycles. The minimum Gasteiger partial charge on any atom is -0.507 e. The Labute approximate surface area is 123 Å². The fourth-order valence-electron chi connectivity index (χ4n) is 1.34. The van der Waals surface area contributed by atoms with E-state index >= 15 is 0 Å². The number of phenols is 2. The SMILES string of the molecule is O=S(c1ccc(O)c(Br)c1)c1ccc(O)c(Br)c1. The van der Waals surface area contributed by atoms with Crippen molar-refractivity contribution >= 4 is 42.7 Å². The summed E-state index contributed by atoms with van der Waals surface area (Å²) in [6, 6.07) is 9.35. The van der Waals surface area contributed by atoms with Crippen LogP contribution in [-0.4, -0.2) is 14.4 Å². The topological polar surface area (TPSA) is 57.5 Å². The smallest absolute Gasteiger partial charge is 0.129 e. The summed E-state index contributed by atoms with van der Waals surface area (Å²) >= 11 is 6.36. The van der Waals surface area contributed by atoms with E-state index in [2.05, 4.69) is 31.9 Å². The van der Waals surface area contributed by atoms with Gasteiger partial charge in [-0.1, -0.05) is 0 Å². The van der Waals surface area contributed by atoms with Crippen LogP contribution in [0.3, 0.4) is 0 Å². The van der Waals surface area contributed by atoms with Crippen LogP contribution in [0.2, 0.25) is 0 Å². The summed E-state index contributed by atoms with van der Waals surface area (Å²) in [6.07, 6.45) is 0. The van der Waals surface area contributed by atoms with Crippen LogP contribution in [0.4, 0.5) is 0 Å². The zero-order chi connectivity index (χ0) is 13.3. The Hall–Kier alpha value is -0.850. The van der Waals surface area contributed by atoms with Crippen molar-refractivity contribution in [2.24, 2.45) is 0 Å². The molecule has 0 unspecified atom stereocenters. The molecule has 6 heteroatoms. The molecule has 94 valence electrons. The Morgan fingerprint density at radius 3 is 1.56 bits per heavy atom. The highest BCUT2D eigenvalue weighted by molar-refractivity contribution is 9.10. The number of halogens is 2. The third kappa shape index (κ3) is 2.76. The van der Waals surface area contributed by atoms with Crippen molar-refractivity contribution in [3.8, 4) is 11.5 Å². The minimum absolute atomic E-state index is 0.0997. The zero-order valence-corrected chi connectivity index (χ0v) is 12.9. The molecule has 0 radical (unpaired) electrons. The van der Waals surface area contributed by atoms with E-state index < -0.39 is 10.8 Å². The predicted octanol–water partition coefficient (Wildman–Crippen LogP) is 3.79. The summed E-state index contributed by atoms with van der Waals surface area (Å²) < 4.78 is 13.3. The standard InChI is InChI=1S/C12H8Br2O3S/c13-9-5-7(1-3-11(9)15)18(17)8-2-4-12(16)10(14)6-8/h1-6,15-16H. The first kappa shape index (κ1) is 13.6. The predicted molar refractivity (Wildman–Crippen MR) is 76.3 cm³/mol. The number of hydrogen-bond acceptors (Lipinski definition) is 3. The molecule has 3 nitrogen and oxygen atoms in total. The maximum atomic E-state index is 12.3. The number of benzene rings is 2. The number of phenolic OH excluding ortho intramolecular Hbond substituents is 2. The van der Waals surface area contributed by atoms with Gasteiger partial charge in [-0.2, -0.15) is 0 Å². The fourth-order valence-corrected chi connectivity index (χ4v) is 3.51. The second-order valence-electron chi connectivity index (χ2n) is 3.50. The highest BCUT2D eigenvalue weighted by Crippen LogP contribution is 2.30. The van der Waals surface area contributed by atoms with Gasteiger partial charge in [0.05, 0.1) is 19.7 Å². The van der Waals surface area contributed by atoms with Crippen molar-refractivity contribution in [2.75, 3.05) is 0 Å². The Bertz CT molecular complexity index is 575. The molecule has 0 aliphatic rings. The lowest BCUT2D eigenvalue weighted by Crippen LogP contribution is -1.93. The average molecular weight is 392 g/mol. The van der Waals surface area contributed by atoms with Crippen LogP contribution < -0.4 is 0 Å². The summed E-state index contributed by atoms with van der Waals surface area (Å²) in [5.41, 5.74) is 0. The van der Waals surface area contributed by atoms with Gasteiger partial charge in [-0.05, 0) is 68.3 Å². The maximum absolute atomic E-state index is 12.3. The van der Waals surface area contributed by atoms with E-state index in [1.807, 2.05) is 0 Å². The van der Waals surface area contributed by atoms with Crippen LogP contribution in [-0.2, 0) is 10.8 Å². The maximum Gasteiger partial charge on any atom is 0.129 e. The summed E-state index contributed by atoms with van der Waals surface area (Å²) in [4.78, 5) is 1.13. The average Bonchev–Trinajstić information content (AvgIpc) is 2.35. The highest BCUT2D eigenvalue weighted by atomic mass is 79.9. The van der Waals surface area contributed by atoms with Crippen molar-refractivity contribution in [2.45, 2.75) is 9.79 Å². The molecule has 0 aromatic heterocycles. The first-order chi connectivity index (χ1) is 8.49. The van der Waals surface area contributed by atoms with Gasteiger partial charge in [0.2, 0.25) is 0 Å². The first-order valence-corrected chi connectivity index (χ1v) is 7.61. The molecule has 0 fully saturated rings. The molecule has 0 atom stereocenters. The number of aromatic hydroxyl groups is 2. The van der Waals surface area contributed by atoms with E-state index in [1.54, 1.807) is 24.3 Å². The molecule has 0 bridgehead atoms. The van der Waals surface area contributed by atoms with Crippen LogP contribution in [0.1, 0.15) is 0 Å². The fraction of sp³-hybridized carbons (Fsp3) is 0. The molecule has 2 aromatic carbocycles. The Morgan fingerprint density at radius 1 is 0.833 bits per heavy atom. The van der Waals surface area contributed by atoms with Crippen molar-refractivity contribution in [1.29, 1.82) is 0 Å². The second kappa shape index (κ2) is 5.42. The monoisotopic (exact) mass is 390 g/mol. The van der Waals surface area contributed by atoms with Gasteiger partial charge in [-0.25, -0.2) is 4.21 Å². The molecule has 2 N–H and O–H groups in total. The second-order valence-corrected chi connectivity index (χ2v) is 6.68. The number of hydrogen-bond donors (Lipinski definition) is 2. The normalized spacial score (nSPS) is 10.8. The van der Waals surface area contributed by atoms with Gasteiger partial charge in [-0.15, -0.1) is 0 Å². The lowest BCUT2D eigenvalue weighted by atomic mass is 10.3. The van der Waals surface area contributed by atoms with Crippen LogP contribution in [0.5, 0.6) is 11.5 Å². The largest absolute Gasteiger partial charge is 0.507 e. The van der Waals surface area contributed by atoms with Crippen molar-refractivity contribution in [3.63, 3.8) is 0 Å². The minimum atomic E-state index is -1.37. The molecule has 0 saturated heterocycles. The molecule has 0 saturated carbocycles. The summed E-state index contributed by atoms with van der Waals surface area (Å²) in [5, 5.41) is 18.8. The van der Waals surface area contributed by atoms with Crippen LogP contribution in [0, 0.1) is 0 Å². The molecule has 0 amide bonds. The zero-order valence-electron chi connectivity index (χ0n) is 8.93. The van der Waals surface area contributed by atoms with Gasteiger partial charge < -0.3 is 10.2 Å². The van der Waals surface area contributed by atoms with Gasteiger partial charge in [0, 0.05) is 9.79 Å². The van der Waals surface area contributed by atoms with E-state index in [9.17, 15) is 14.4 Å². The van der Waals surface area contributed by atoms with Crippen LogP contribution >= 0.6 is 31.9 Å². The van der Waals surface area contributed by atoms with Crippen molar-refractivity contribution < 1.29 is 14.4 Å². The van der Waals surface area contributed by atoms with Crippen molar-refractivity contribution in [1.82, 2.24) is 0 Å². The quantitative estimate of drug-likeness (QED) is 0.818. The first-order valence-electron chi connectivity index (χ1n) is 4.88. The van der Waals surface area contributed by atoms with Gasteiger partial charge in [0.25, 0.3) is 0 Å². The molecule has 2 rings (SSSR count). The van der Waals surface area contributed by atoms with Crippen LogP contribution in [0.15, 0.2) is 55.1 Å². The lowest BCUT2D eigenvalue weighted by Gasteiger charge is -2.05. The summed E-state index contributed by atoms with van der Waals surface area (Å²) in [6.45, 7) is 0. The Balaban J connectivity index is 2.41. The molecule has 0 heterocycles. The lowest BCUT2D eigenvalue weighted by molar-refractivity contribution is 0.471. The van der Waals surface area contributed by atoms with E-state index in [4.69, 9.17) is 0 Å². The molecular weight excluding hydrogens is 384 g/mol. The summed E-state index contributed by atoms with van der Waals surface area (Å²) in [5.74, 6) is 0.199. The van der Waals surface area contributed by atoms with Gasteiger partial charge >= 0.3 is 0 Å². The van der Waals surface area contributed by atoms with E-state index in [0.29, 0.717) is 18.7 Å². The van der Waals surface area contributed by atoms with E-state index in [1.165, 1.54) is 12.1 Å². The highest BCUT2D eigenvalue weighted by Gasteiger charge is 2.11. The third-order valence-corrected chi connectivity index (χ3v) is 4.90. The number of rotatable bonds is 2. The Kier molecular flexibility index (Phi) is 4.09. The van der Waals surface area contributed by atoms with Gasteiger partial charge in [-0.3, -0.25) is 0 Å². The van der Waals surface area contributed by atoms with E-state index in [-0.39, 0.29) is 11.5 Å². The Morgan fingerprint density at radius 2 is 1.22 bits per heavy atom. The summed E-state index contributed by atoms with van der Waals surface area (Å²) in [7, 11) is -1.37. The van der Waals surface area contributed by atoms with E-state index in [0.717, 1.165) is 0 Å². The van der Waals surface area contributed by atoms with Gasteiger partial charge in [0.1, 0.15) is 11.5 Å². The molecule has 2 aromatic rings. The molecule has 0 aliphatic heterocycles. The molecular formula is C12H8Br2O3S. The van der Waals surface area contributed by atoms with Crippen LogP contribution in [0.25, 0.3) is 0 Å². The molecule has 0 spiro atoms.